The Morgan fingerprint density at radius 2 is 1.90 bits per heavy atom. The number of ether oxygens (including phenoxy) is 1. The van der Waals surface area contributed by atoms with Gasteiger partial charge in [-0.1, -0.05) is 18.2 Å². The van der Waals surface area contributed by atoms with E-state index in [0.29, 0.717) is 12.0 Å². The quantitative estimate of drug-likeness (QED) is 0.809. The lowest BCUT2D eigenvalue weighted by Crippen LogP contribution is -2.30. The molecule has 2 N–H and O–H groups in total. The van der Waals surface area contributed by atoms with Crippen molar-refractivity contribution in [3.05, 3.63) is 29.8 Å². The van der Waals surface area contributed by atoms with Crippen molar-refractivity contribution in [1.82, 2.24) is 5.32 Å². The average molecular weight is 291 g/mol. The van der Waals surface area contributed by atoms with Crippen LogP contribution in [0.1, 0.15) is 38.3 Å². The topological polar surface area (TPSA) is 41.5 Å². The molecular formula is C14H20F3NO2. The summed E-state index contributed by atoms with van der Waals surface area (Å²) in [6.45, 7) is 3.82. The molecule has 1 aromatic rings. The Bertz CT molecular complexity index is 410. The summed E-state index contributed by atoms with van der Waals surface area (Å²) in [4.78, 5) is 0. The number of nitrogens with one attached hydrogen (secondary N) is 1. The minimum absolute atomic E-state index is 0.0936. The van der Waals surface area contributed by atoms with Crippen LogP contribution in [0.2, 0.25) is 0 Å². The summed E-state index contributed by atoms with van der Waals surface area (Å²) in [5, 5.41) is 12.0. The molecule has 0 saturated heterocycles. The fourth-order valence-corrected chi connectivity index (χ4v) is 2.05. The molecule has 0 aliphatic heterocycles. The molecule has 0 aliphatic carbocycles. The molecule has 0 aromatic heterocycles. The van der Waals surface area contributed by atoms with Gasteiger partial charge in [-0.25, -0.2) is 0 Å². The van der Waals surface area contributed by atoms with Gasteiger partial charge in [0.15, 0.2) is 0 Å². The number of halogens is 3. The van der Waals surface area contributed by atoms with Crippen molar-refractivity contribution in [1.29, 1.82) is 0 Å². The van der Waals surface area contributed by atoms with Gasteiger partial charge in [-0.05, 0) is 32.8 Å². The van der Waals surface area contributed by atoms with Crippen LogP contribution in [-0.2, 0) is 0 Å². The normalized spacial score (nSPS) is 14.9. The fourth-order valence-electron chi connectivity index (χ4n) is 2.05. The Balaban J connectivity index is 2.74. The van der Waals surface area contributed by atoms with E-state index in [4.69, 9.17) is 5.11 Å². The molecule has 0 bridgehead atoms. The van der Waals surface area contributed by atoms with Crippen molar-refractivity contribution in [3.63, 3.8) is 0 Å². The van der Waals surface area contributed by atoms with E-state index in [1.54, 1.807) is 19.1 Å². The number of aliphatic hydroxyl groups is 1. The Kier molecular flexibility index (Phi) is 6.29. The highest BCUT2D eigenvalue weighted by molar-refractivity contribution is 5.35. The number of hydrogen-bond donors (Lipinski definition) is 2. The minimum atomic E-state index is -4.70. The van der Waals surface area contributed by atoms with Gasteiger partial charge in [-0.2, -0.15) is 0 Å². The first-order chi connectivity index (χ1) is 9.33. The van der Waals surface area contributed by atoms with E-state index >= 15 is 0 Å². The van der Waals surface area contributed by atoms with Crippen LogP contribution < -0.4 is 10.1 Å². The molecule has 2 unspecified atom stereocenters. The fraction of sp³-hybridized carbons (Fsp3) is 0.571. The predicted molar refractivity (Wildman–Crippen MR) is 70.5 cm³/mol. The zero-order valence-electron chi connectivity index (χ0n) is 11.6. The molecule has 0 fully saturated rings. The van der Waals surface area contributed by atoms with E-state index in [1.165, 1.54) is 12.1 Å². The lowest BCUT2D eigenvalue weighted by Gasteiger charge is -2.22. The maximum Gasteiger partial charge on any atom is 0.573 e. The lowest BCUT2D eigenvalue weighted by molar-refractivity contribution is -0.275. The second-order valence-corrected chi connectivity index (χ2v) is 4.74. The van der Waals surface area contributed by atoms with Crippen LogP contribution in [0.3, 0.4) is 0 Å². The van der Waals surface area contributed by atoms with E-state index in [0.717, 1.165) is 6.42 Å². The molecule has 0 spiro atoms. The SMILES string of the molecule is CC(CCCO)NC(C)c1ccccc1OC(F)(F)F. The van der Waals surface area contributed by atoms with Crippen LogP contribution in [0.5, 0.6) is 5.75 Å². The van der Waals surface area contributed by atoms with Gasteiger partial charge >= 0.3 is 6.36 Å². The zero-order chi connectivity index (χ0) is 15.2. The summed E-state index contributed by atoms with van der Waals surface area (Å²) in [7, 11) is 0. The lowest BCUT2D eigenvalue weighted by atomic mass is 10.1. The number of para-hydroxylation sites is 1. The van der Waals surface area contributed by atoms with Gasteiger partial charge in [0.1, 0.15) is 5.75 Å². The van der Waals surface area contributed by atoms with Gasteiger partial charge in [-0.15, -0.1) is 13.2 Å². The number of hydrogen-bond acceptors (Lipinski definition) is 3. The predicted octanol–water partition coefficient (Wildman–Crippen LogP) is 3.40. The number of aliphatic hydroxyl groups excluding tert-OH is 1. The minimum Gasteiger partial charge on any atom is -0.405 e. The van der Waals surface area contributed by atoms with E-state index in [-0.39, 0.29) is 24.4 Å². The third-order valence-electron chi connectivity index (χ3n) is 2.94. The molecule has 2 atom stereocenters. The van der Waals surface area contributed by atoms with Gasteiger partial charge in [-0.3, -0.25) is 0 Å². The Morgan fingerprint density at radius 1 is 1.25 bits per heavy atom. The van der Waals surface area contributed by atoms with Crippen LogP contribution in [0.15, 0.2) is 24.3 Å². The number of rotatable bonds is 7. The van der Waals surface area contributed by atoms with E-state index in [1.807, 2.05) is 6.92 Å². The maximum atomic E-state index is 12.3. The molecule has 1 rings (SSSR count). The molecule has 0 aliphatic rings. The van der Waals surface area contributed by atoms with Crippen LogP contribution in [0.4, 0.5) is 13.2 Å². The summed E-state index contributed by atoms with van der Waals surface area (Å²) >= 11 is 0. The standard InChI is InChI=1S/C14H20F3NO2/c1-10(6-5-9-19)18-11(2)12-7-3-4-8-13(12)20-14(15,16)17/h3-4,7-8,10-11,18-19H,5-6,9H2,1-2H3. The van der Waals surface area contributed by atoms with E-state index < -0.39 is 6.36 Å². The van der Waals surface area contributed by atoms with Crippen molar-refractivity contribution >= 4 is 0 Å². The molecule has 1 aromatic carbocycles. The largest absolute Gasteiger partial charge is 0.573 e. The van der Waals surface area contributed by atoms with Crippen molar-refractivity contribution in [2.75, 3.05) is 6.61 Å². The van der Waals surface area contributed by atoms with Gasteiger partial charge in [0.25, 0.3) is 0 Å². The molecule has 20 heavy (non-hydrogen) atoms. The molecular weight excluding hydrogens is 271 g/mol. The second kappa shape index (κ2) is 7.50. The third kappa shape index (κ3) is 5.79. The molecule has 0 radical (unpaired) electrons. The third-order valence-corrected chi connectivity index (χ3v) is 2.94. The van der Waals surface area contributed by atoms with Crippen LogP contribution in [0.25, 0.3) is 0 Å². The van der Waals surface area contributed by atoms with Gasteiger partial charge in [0.2, 0.25) is 0 Å². The first-order valence-electron chi connectivity index (χ1n) is 6.55. The van der Waals surface area contributed by atoms with Crippen LogP contribution >= 0.6 is 0 Å². The Morgan fingerprint density at radius 3 is 2.50 bits per heavy atom. The van der Waals surface area contributed by atoms with Crippen molar-refractivity contribution in [3.8, 4) is 5.75 Å². The Labute approximate surface area is 116 Å². The highest BCUT2D eigenvalue weighted by atomic mass is 19.4. The van der Waals surface area contributed by atoms with E-state index in [9.17, 15) is 13.2 Å². The number of benzene rings is 1. The monoisotopic (exact) mass is 291 g/mol. The summed E-state index contributed by atoms with van der Waals surface area (Å²) in [6.07, 6.45) is -3.29. The highest BCUT2D eigenvalue weighted by Crippen LogP contribution is 2.30. The molecule has 0 saturated carbocycles. The molecule has 6 heteroatoms. The molecule has 0 amide bonds. The number of alkyl halides is 3. The summed E-state index contributed by atoms with van der Waals surface area (Å²) < 4.78 is 41.1. The van der Waals surface area contributed by atoms with Gasteiger partial charge < -0.3 is 15.2 Å². The van der Waals surface area contributed by atoms with Crippen molar-refractivity contribution in [2.24, 2.45) is 0 Å². The van der Waals surface area contributed by atoms with Crippen LogP contribution in [-0.4, -0.2) is 24.1 Å². The van der Waals surface area contributed by atoms with Crippen LogP contribution in [0, 0.1) is 0 Å². The van der Waals surface area contributed by atoms with Crippen molar-refractivity contribution < 1.29 is 23.0 Å². The highest BCUT2D eigenvalue weighted by Gasteiger charge is 2.32. The summed E-state index contributed by atoms with van der Waals surface area (Å²) in [6, 6.07) is 5.91. The molecule has 114 valence electrons. The van der Waals surface area contributed by atoms with Gasteiger partial charge in [0, 0.05) is 24.3 Å². The van der Waals surface area contributed by atoms with Crippen molar-refractivity contribution in [2.45, 2.75) is 45.1 Å². The first kappa shape index (κ1) is 16.8. The second-order valence-electron chi connectivity index (χ2n) is 4.74. The summed E-state index contributed by atoms with van der Waals surface area (Å²) in [5.41, 5.74) is 0.459. The summed E-state index contributed by atoms with van der Waals surface area (Å²) in [5.74, 6) is -0.186. The van der Waals surface area contributed by atoms with E-state index in [2.05, 4.69) is 10.1 Å². The zero-order valence-corrected chi connectivity index (χ0v) is 11.6. The smallest absolute Gasteiger partial charge is 0.405 e. The Hall–Kier alpha value is -1.27. The molecule has 0 heterocycles. The first-order valence-corrected chi connectivity index (χ1v) is 6.55. The molecule has 3 nitrogen and oxygen atoms in total. The maximum absolute atomic E-state index is 12.3. The van der Waals surface area contributed by atoms with Gasteiger partial charge in [0.05, 0.1) is 0 Å². The average Bonchev–Trinajstić information content (AvgIpc) is 2.35.